The zero-order valence-electron chi connectivity index (χ0n) is 16.5. The van der Waals surface area contributed by atoms with Crippen molar-refractivity contribution in [2.45, 2.75) is 32.9 Å². The van der Waals surface area contributed by atoms with Crippen molar-refractivity contribution >= 4 is 34.9 Å². The molecule has 12 heteroatoms. The molecule has 2 heterocycles. The average Bonchev–Trinajstić information content (AvgIpc) is 3.13. The summed E-state index contributed by atoms with van der Waals surface area (Å²) in [5, 5.41) is 9.13. The van der Waals surface area contributed by atoms with Gasteiger partial charge in [0.25, 0.3) is 11.6 Å². The highest BCUT2D eigenvalue weighted by Gasteiger charge is 2.36. The van der Waals surface area contributed by atoms with Crippen LogP contribution in [0.5, 0.6) is 0 Å². The fourth-order valence-electron chi connectivity index (χ4n) is 2.93. The lowest BCUT2D eigenvalue weighted by Crippen LogP contribution is -2.33. The minimum absolute atomic E-state index is 0.0178. The molecule has 2 amide bonds. The van der Waals surface area contributed by atoms with Crippen molar-refractivity contribution in [1.82, 2.24) is 24.9 Å². The molecule has 0 radical (unpaired) electrons. The van der Waals surface area contributed by atoms with Crippen LogP contribution in [0.4, 0.5) is 18.9 Å². The van der Waals surface area contributed by atoms with Gasteiger partial charge in [-0.1, -0.05) is 11.6 Å². The quantitative estimate of drug-likeness (QED) is 0.596. The first-order valence-corrected chi connectivity index (χ1v) is 9.54. The standard InChI is InChI=1S/C19H18ClF3N6O2/c1-10-14(11(2)29-18(25-10)27-17(28-29)19(21,22)23)7-8-15(30)24-9-16(31)26-13-5-3-12(20)4-6-13/h3-6H,7-9H2,1-2H3,(H,24,30)(H,26,31). The lowest BCUT2D eigenvalue weighted by molar-refractivity contribution is -0.144. The maximum atomic E-state index is 12.9. The molecule has 31 heavy (non-hydrogen) atoms. The summed E-state index contributed by atoms with van der Waals surface area (Å²) < 4.78 is 39.6. The van der Waals surface area contributed by atoms with E-state index < -0.39 is 17.9 Å². The van der Waals surface area contributed by atoms with E-state index in [4.69, 9.17) is 11.6 Å². The number of amides is 2. The molecular formula is C19H18ClF3N6O2. The number of hydrogen-bond donors (Lipinski definition) is 2. The zero-order valence-corrected chi connectivity index (χ0v) is 17.3. The normalized spacial score (nSPS) is 11.5. The summed E-state index contributed by atoms with van der Waals surface area (Å²) in [5.41, 5.74) is 2.01. The van der Waals surface area contributed by atoms with Crippen LogP contribution in [0.15, 0.2) is 24.3 Å². The second kappa shape index (κ2) is 8.88. The molecule has 0 aliphatic heterocycles. The van der Waals surface area contributed by atoms with Crippen LogP contribution in [-0.2, 0) is 22.2 Å². The summed E-state index contributed by atoms with van der Waals surface area (Å²) in [6.45, 7) is 2.99. The molecule has 3 rings (SSSR count). The molecule has 2 aromatic heterocycles. The summed E-state index contributed by atoms with van der Waals surface area (Å²) >= 11 is 5.78. The van der Waals surface area contributed by atoms with Gasteiger partial charge in [-0.3, -0.25) is 9.59 Å². The number of carbonyl (C=O) groups excluding carboxylic acids is 2. The molecular weight excluding hydrogens is 437 g/mol. The van der Waals surface area contributed by atoms with Gasteiger partial charge in [0, 0.05) is 28.5 Å². The van der Waals surface area contributed by atoms with Crippen molar-refractivity contribution in [3.8, 4) is 0 Å². The van der Waals surface area contributed by atoms with Crippen LogP contribution in [0.1, 0.15) is 29.2 Å². The number of nitrogens with zero attached hydrogens (tertiary/aromatic N) is 4. The Morgan fingerprint density at radius 3 is 2.42 bits per heavy atom. The predicted molar refractivity (Wildman–Crippen MR) is 107 cm³/mol. The van der Waals surface area contributed by atoms with E-state index in [0.29, 0.717) is 27.7 Å². The highest BCUT2D eigenvalue weighted by Crippen LogP contribution is 2.27. The molecule has 1 aromatic carbocycles. The Kier molecular flexibility index (Phi) is 6.44. The third-order valence-electron chi connectivity index (χ3n) is 4.48. The molecule has 0 saturated carbocycles. The molecule has 2 N–H and O–H groups in total. The maximum absolute atomic E-state index is 12.9. The minimum atomic E-state index is -4.68. The van der Waals surface area contributed by atoms with Crippen LogP contribution in [-0.4, -0.2) is 37.9 Å². The van der Waals surface area contributed by atoms with Crippen LogP contribution in [0.25, 0.3) is 5.78 Å². The Balaban J connectivity index is 1.59. The maximum Gasteiger partial charge on any atom is 0.453 e. The number of fused-ring (bicyclic) bond motifs is 1. The molecule has 164 valence electrons. The van der Waals surface area contributed by atoms with Gasteiger partial charge in [0.05, 0.1) is 6.54 Å². The van der Waals surface area contributed by atoms with E-state index in [0.717, 1.165) is 4.52 Å². The van der Waals surface area contributed by atoms with Gasteiger partial charge in [-0.15, -0.1) is 5.10 Å². The van der Waals surface area contributed by atoms with Gasteiger partial charge in [-0.05, 0) is 50.1 Å². The number of aryl methyl sites for hydroxylation is 2. The second-order valence-electron chi connectivity index (χ2n) is 6.74. The Bertz CT molecular complexity index is 1130. The van der Waals surface area contributed by atoms with Gasteiger partial charge < -0.3 is 10.6 Å². The van der Waals surface area contributed by atoms with Crippen molar-refractivity contribution in [3.63, 3.8) is 0 Å². The van der Waals surface area contributed by atoms with E-state index in [1.165, 1.54) is 0 Å². The van der Waals surface area contributed by atoms with Crippen LogP contribution >= 0.6 is 11.6 Å². The van der Waals surface area contributed by atoms with Crippen LogP contribution < -0.4 is 10.6 Å². The third kappa shape index (κ3) is 5.48. The molecule has 8 nitrogen and oxygen atoms in total. The number of aromatic nitrogens is 4. The van der Waals surface area contributed by atoms with Gasteiger partial charge in [0.15, 0.2) is 0 Å². The Morgan fingerprint density at radius 2 is 1.77 bits per heavy atom. The second-order valence-corrected chi connectivity index (χ2v) is 7.17. The van der Waals surface area contributed by atoms with E-state index >= 15 is 0 Å². The smallest absolute Gasteiger partial charge is 0.347 e. The number of alkyl halides is 3. The molecule has 0 spiro atoms. The van der Waals surface area contributed by atoms with E-state index in [2.05, 4.69) is 25.7 Å². The lowest BCUT2D eigenvalue weighted by atomic mass is 10.1. The minimum Gasteiger partial charge on any atom is -0.347 e. The number of carbonyl (C=O) groups is 2. The zero-order chi connectivity index (χ0) is 22.8. The topological polar surface area (TPSA) is 101 Å². The van der Waals surface area contributed by atoms with Gasteiger partial charge in [0.2, 0.25) is 11.8 Å². The third-order valence-corrected chi connectivity index (χ3v) is 4.73. The molecule has 0 saturated heterocycles. The van der Waals surface area contributed by atoms with Gasteiger partial charge in [-0.25, -0.2) is 9.50 Å². The molecule has 0 aliphatic rings. The number of hydrogen-bond acceptors (Lipinski definition) is 5. The van der Waals surface area contributed by atoms with Gasteiger partial charge >= 0.3 is 6.18 Å². The molecule has 3 aromatic rings. The van der Waals surface area contributed by atoms with Crippen LogP contribution in [0.3, 0.4) is 0 Å². The SMILES string of the molecule is Cc1nc2nc(C(F)(F)F)nn2c(C)c1CCC(=O)NCC(=O)Nc1ccc(Cl)cc1. The van der Waals surface area contributed by atoms with E-state index in [9.17, 15) is 22.8 Å². The number of rotatable bonds is 6. The first-order valence-electron chi connectivity index (χ1n) is 9.17. The van der Waals surface area contributed by atoms with E-state index in [1.54, 1.807) is 38.1 Å². The van der Waals surface area contributed by atoms with Crippen molar-refractivity contribution in [2.24, 2.45) is 0 Å². The number of halogens is 4. The number of benzene rings is 1. The number of anilines is 1. The summed E-state index contributed by atoms with van der Waals surface area (Å²) in [6.07, 6.45) is -4.45. The van der Waals surface area contributed by atoms with Crippen LogP contribution in [0.2, 0.25) is 5.02 Å². The van der Waals surface area contributed by atoms with E-state index in [1.807, 2.05) is 0 Å². The predicted octanol–water partition coefficient (Wildman–Crippen LogP) is 3.10. The summed E-state index contributed by atoms with van der Waals surface area (Å²) in [5.74, 6) is -2.23. The highest BCUT2D eigenvalue weighted by molar-refractivity contribution is 6.30. The first-order chi connectivity index (χ1) is 14.5. The van der Waals surface area contributed by atoms with Gasteiger partial charge in [-0.2, -0.15) is 18.2 Å². The average molecular weight is 455 g/mol. The molecule has 0 unspecified atom stereocenters. The largest absolute Gasteiger partial charge is 0.453 e. The monoisotopic (exact) mass is 454 g/mol. The molecule has 0 fully saturated rings. The molecule has 0 aliphatic carbocycles. The van der Waals surface area contributed by atoms with Gasteiger partial charge in [0.1, 0.15) is 0 Å². The summed E-state index contributed by atoms with van der Waals surface area (Å²) in [4.78, 5) is 31.5. The lowest BCUT2D eigenvalue weighted by Gasteiger charge is -2.11. The Hall–Kier alpha value is -3.21. The van der Waals surface area contributed by atoms with Crippen molar-refractivity contribution < 1.29 is 22.8 Å². The Labute approximate surface area is 179 Å². The summed E-state index contributed by atoms with van der Waals surface area (Å²) in [7, 11) is 0. The number of nitrogens with one attached hydrogen (secondary N) is 2. The first kappa shape index (κ1) is 22.5. The van der Waals surface area contributed by atoms with Crippen molar-refractivity contribution in [2.75, 3.05) is 11.9 Å². The van der Waals surface area contributed by atoms with Crippen molar-refractivity contribution in [1.29, 1.82) is 0 Å². The van der Waals surface area contributed by atoms with Crippen molar-refractivity contribution in [3.05, 3.63) is 52.1 Å². The highest BCUT2D eigenvalue weighted by atomic mass is 35.5. The molecule has 0 bridgehead atoms. The van der Waals surface area contributed by atoms with E-state index in [-0.39, 0.29) is 31.1 Å². The molecule has 0 atom stereocenters. The fourth-order valence-corrected chi connectivity index (χ4v) is 3.06. The Morgan fingerprint density at radius 1 is 1.10 bits per heavy atom. The summed E-state index contributed by atoms with van der Waals surface area (Å²) in [6, 6.07) is 6.51. The van der Waals surface area contributed by atoms with Crippen LogP contribution in [0, 0.1) is 13.8 Å². The fraction of sp³-hybridized carbons (Fsp3) is 0.316.